The Balaban J connectivity index is 1.36. The highest BCUT2D eigenvalue weighted by Crippen LogP contribution is 2.33. The molecule has 2 aliphatic carbocycles. The second-order valence-corrected chi connectivity index (χ2v) is 9.92. The number of carbonyl (C=O) groups excluding carboxylic acids is 1. The summed E-state index contributed by atoms with van der Waals surface area (Å²) in [6.07, 6.45) is 6.12. The molecule has 32 heavy (non-hydrogen) atoms. The van der Waals surface area contributed by atoms with Crippen LogP contribution in [0, 0.1) is 5.92 Å². The number of rotatable bonds is 7. The molecule has 2 aromatic rings. The average Bonchev–Trinajstić information content (AvgIpc) is 3.56. The summed E-state index contributed by atoms with van der Waals surface area (Å²) in [6, 6.07) is 6.76. The summed E-state index contributed by atoms with van der Waals surface area (Å²) in [4.78, 5) is 21.5. The molecular formula is C24H35N5O3. The zero-order valence-corrected chi connectivity index (χ0v) is 19.5. The number of fused-ring (bicyclic) bond motifs is 1. The molecule has 0 saturated heterocycles. The van der Waals surface area contributed by atoms with Gasteiger partial charge in [-0.1, -0.05) is 6.07 Å². The minimum Gasteiger partial charge on any atom is -0.494 e. The summed E-state index contributed by atoms with van der Waals surface area (Å²) < 4.78 is 10.9. The van der Waals surface area contributed by atoms with E-state index in [0.29, 0.717) is 30.5 Å². The molecule has 0 unspecified atom stereocenters. The summed E-state index contributed by atoms with van der Waals surface area (Å²) in [7, 11) is 1.67. The van der Waals surface area contributed by atoms with Crippen molar-refractivity contribution in [2.24, 2.45) is 5.92 Å². The first-order valence-electron chi connectivity index (χ1n) is 11.7. The van der Waals surface area contributed by atoms with E-state index < -0.39 is 5.60 Å². The van der Waals surface area contributed by atoms with Crippen LogP contribution in [0.3, 0.4) is 0 Å². The van der Waals surface area contributed by atoms with Crippen molar-refractivity contribution in [3.05, 3.63) is 18.2 Å². The molecule has 4 rings (SSSR count). The first-order chi connectivity index (χ1) is 15.3. The summed E-state index contributed by atoms with van der Waals surface area (Å²) >= 11 is 0. The number of hydrogen-bond donors (Lipinski definition) is 3. The maximum absolute atomic E-state index is 11.9. The molecule has 0 radical (unpaired) electrons. The Morgan fingerprint density at radius 1 is 1.03 bits per heavy atom. The molecule has 0 spiro atoms. The lowest BCUT2D eigenvalue weighted by molar-refractivity contribution is 0.0515. The molecule has 3 N–H and O–H groups in total. The van der Waals surface area contributed by atoms with Crippen LogP contribution in [0.2, 0.25) is 0 Å². The maximum Gasteiger partial charge on any atom is 0.407 e. The van der Waals surface area contributed by atoms with Crippen LogP contribution >= 0.6 is 0 Å². The third-order valence-corrected chi connectivity index (χ3v) is 5.94. The van der Waals surface area contributed by atoms with Gasteiger partial charge in [0.15, 0.2) is 0 Å². The normalized spacial score (nSPS) is 21.1. The van der Waals surface area contributed by atoms with E-state index in [0.717, 1.165) is 48.2 Å². The van der Waals surface area contributed by atoms with Crippen molar-refractivity contribution in [1.82, 2.24) is 15.3 Å². The minimum atomic E-state index is -0.471. The number of methoxy groups -OCH3 is 1. The third-order valence-electron chi connectivity index (χ3n) is 5.94. The van der Waals surface area contributed by atoms with Crippen LogP contribution < -0.4 is 20.7 Å². The van der Waals surface area contributed by atoms with E-state index in [-0.39, 0.29) is 6.09 Å². The molecule has 2 aliphatic rings. The average molecular weight is 442 g/mol. The molecule has 1 aromatic carbocycles. The number of hydrogen-bond acceptors (Lipinski definition) is 7. The lowest BCUT2D eigenvalue weighted by atomic mass is 9.86. The molecule has 0 atom stereocenters. The molecule has 2 saturated carbocycles. The zero-order chi connectivity index (χ0) is 22.7. The summed E-state index contributed by atoms with van der Waals surface area (Å²) in [6.45, 7) is 6.28. The van der Waals surface area contributed by atoms with Crippen molar-refractivity contribution in [2.75, 3.05) is 24.3 Å². The number of anilines is 2. The van der Waals surface area contributed by atoms with Crippen LogP contribution in [0.4, 0.5) is 16.6 Å². The van der Waals surface area contributed by atoms with Crippen molar-refractivity contribution in [1.29, 1.82) is 0 Å². The van der Waals surface area contributed by atoms with Gasteiger partial charge in [0.25, 0.3) is 0 Å². The molecule has 174 valence electrons. The van der Waals surface area contributed by atoms with Gasteiger partial charge in [-0.05, 0) is 77.3 Å². The number of nitrogens with one attached hydrogen (secondary N) is 3. The standard InChI is InChI=1S/C24H35N5O3/c1-24(2,3)32-23(30)25-14-15-8-10-17(11-9-15)27-22-28-20-18(6-5-7-19(20)31-4)21(29-22)26-16-12-13-16/h5-7,15-17H,8-14H2,1-4H3,(H,25,30)(H2,26,27,28,29). The predicted octanol–water partition coefficient (Wildman–Crippen LogP) is 4.71. The van der Waals surface area contributed by atoms with Gasteiger partial charge in [-0.3, -0.25) is 0 Å². The topological polar surface area (TPSA) is 97.4 Å². The van der Waals surface area contributed by atoms with Gasteiger partial charge in [0, 0.05) is 24.0 Å². The van der Waals surface area contributed by atoms with Gasteiger partial charge in [0.1, 0.15) is 22.7 Å². The molecule has 0 aliphatic heterocycles. The van der Waals surface area contributed by atoms with Crippen LogP contribution in [0.1, 0.15) is 59.3 Å². The Morgan fingerprint density at radius 3 is 2.38 bits per heavy atom. The van der Waals surface area contributed by atoms with E-state index in [9.17, 15) is 4.79 Å². The van der Waals surface area contributed by atoms with Crippen molar-refractivity contribution in [2.45, 2.75) is 77.0 Å². The Kier molecular flexibility index (Phi) is 6.58. The van der Waals surface area contributed by atoms with Crippen LogP contribution in [0.15, 0.2) is 18.2 Å². The van der Waals surface area contributed by atoms with Crippen molar-refractivity contribution >= 4 is 28.8 Å². The number of nitrogens with zero attached hydrogens (tertiary/aromatic N) is 2. The molecule has 0 bridgehead atoms. The first-order valence-corrected chi connectivity index (χ1v) is 11.7. The monoisotopic (exact) mass is 441 g/mol. The third kappa shape index (κ3) is 5.93. The highest BCUT2D eigenvalue weighted by Gasteiger charge is 2.26. The maximum atomic E-state index is 11.9. The van der Waals surface area contributed by atoms with Crippen molar-refractivity contribution in [3.63, 3.8) is 0 Å². The molecule has 1 amide bonds. The van der Waals surface area contributed by atoms with E-state index in [1.54, 1.807) is 7.11 Å². The smallest absolute Gasteiger partial charge is 0.407 e. The molecule has 2 fully saturated rings. The van der Waals surface area contributed by atoms with Crippen LogP contribution in [-0.4, -0.2) is 47.4 Å². The molecule has 8 heteroatoms. The Morgan fingerprint density at radius 2 is 1.72 bits per heavy atom. The number of carbonyl (C=O) groups is 1. The van der Waals surface area contributed by atoms with Gasteiger partial charge in [0.05, 0.1) is 7.11 Å². The van der Waals surface area contributed by atoms with Crippen LogP contribution in [0.25, 0.3) is 10.9 Å². The van der Waals surface area contributed by atoms with Gasteiger partial charge in [0.2, 0.25) is 5.95 Å². The molecule has 1 heterocycles. The Hall–Kier alpha value is -2.77. The molecule has 1 aromatic heterocycles. The van der Waals surface area contributed by atoms with E-state index in [2.05, 4.69) is 16.0 Å². The van der Waals surface area contributed by atoms with Gasteiger partial charge in [-0.25, -0.2) is 9.78 Å². The number of aromatic nitrogens is 2. The Bertz CT molecular complexity index is 947. The van der Waals surface area contributed by atoms with E-state index in [1.165, 1.54) is 12.8 Å². The van der Waals surface area contributed by atoms with E-state index in [1.807, 2.05) is 39.0 Å². The quantitative estimate of drug-likeness (QED) is 0.572. The van der Waals surface area contributed by atoms with Crippen molar-refractivity contribution in [3.8, 4) is 5.75 Å². The highest BCUT2D eigenvalue weighted by atomic mass is 16.6. The fourth-order valence-corrected chi connectivity index (χ4v) is 4.12. The van der Waals surface area contributed by atoms with E-state index >= 15 is 0 Å². The van der Waals surface area contributed by atoms with Gasteiger partial charge in [-0.15, -0.1) is 0 Å². The van der Waals surface area contributed by atoms with Crippen LogP contribution in [0.5, 0.6) is 5.75 Å². The second kappa shape index (κ2) is 9.38. The largest absolute Gasteiger partial charge is 0.494 e. The zero-order valence-electron chi connectivity index (χ0n) is 19.5. The number of benzene rings is 1. The summed E-state index contributed by atoms with van der Waals surface area (Å²) in [5, 5.41) is 11.0. The number of alkyl carbamates (subject to hydrolysis) is 1. The van der Waals surface area contributed by atoms with Gasteiger partial charge < -0.3 is 25.4 Å². The summed E-state index contributed by atoms with van der Waals surface area (Å²) in [5.74, 6) is 2.73. The number of ether oxygens (including phenoxy) is 2. The fraction of sp³-hybridized carbons (Fsp3) is 0.625. The molecule has 8 nitrogen and oxygen atoms in total. The first kappa shape index (κ1) is 22.4. The van der Waals surface area contributed by atoms with Crippen LogP contribution in [-0.2, 0) is 4.74 Å². The highest BCUT2D eigenvalue weighted by molar-refractivity contribution is 5.94. The van der Waals surface area contributed by atoms with Crippen molar-refractivity contribution < 1.29 is 14.3 Å². The van der Waals surface area contributed by atoms with E-state index in [4.69, 9.17) is 19.4 Å². The fourth-order valence-electron chi connectivity index (χ4n) is 4.12. The lowest BCUT2D eigenvalue weighted by Gasteiger charge is -2.29. The molecular weight excluding hydrogens is 406 g/mol. The second-order valence-electron chi connectivity index (χ2n) is 9.92. The summed E-state index contributed by atoms with van der Waals surface area (Å²) in [5.41, 5.74) is 0.354. The number of amides is 1. The predicted molar refractivity (Wildman–Crippen MR) is 126 cm³/mol. The van der Waals surface area contributed by atoms with Gasteiger partial charge in [-0.2, -0.15) is 4.98 Å². The van der Waals surface area contributed by atoms with Gasteiger partial charge >= 0.3 is 6.09 Å². The number of para-hydroxylation sites is 1. The lowest BCUT2D eigenvalue weighted by Crippen LogP contribution is -2.37. The minimum absolute atomic E-state index is 0.314. The Labute approximate surface area is 189 Å². The SMILES string of the molecule is COc1cccc2c(NC3CC3)nc(NC3CCC(CNC(=O)OC(C)(C)C)CC3)nc12.